The fourth-order valence-electron chi connectivity index (χ4n) is 4.28. The van der Waals surface area contributed by atoms with Crippen LogP contribution in [0.5, 0.6) is 0 Å². The van der Waals surface area contributed by atoms with Crippen LogP contribution in [0.2, 0.25) is 0 Å². The third kappa shape index (κ3) is 5.84. The third-order valence-corrected chi connectivity index (χ3v) is 8.00. The molecule has 2 heterocycles. The number of halogens is 3. The number of rotatable bonds is 9. The smallest absolute Gasteiger partial charge is 0.294 e. The van der Waals surface area contributed by atoms with Crippen LogP contribution in [0.1, 0.15) is 5.56 Å². The topological polar surface area (TPSA) is 82.5 Å². The Balaban J connectivity index is 1.84. The number of hydrogen-bond donors (Lipinski definition) is 0. The molecule has 1 aromatic heterocycles. The molecule has 0 fully saturated rings. The summed E-state index contributed by atoms with van der Waals surface area (Å²) in [6.07, 6.45) is 5.32. The Labute approximate surface area is 241 Å². The number of nitrogens with zero attached hydrogens (tertiary/aromatic N) is 7. The Morgan fingerprint density at radius 3 is 2.54 bits per heavy atom. The van der Waals surface area contributed by atoms with Crippen LogP contribution in [0.15, 0.2) is 64.4 Å². The number of nitro groups is 1. The van der Waals surface area contributed by atoms with Gasteiger partial charge in [-0.25, -0.2) is 13.8 Å². The van der Waals surface area contributed by atoms with Gasteiger partial charge < -0.3 is 14.4 Å². The molecule has 39 heavy (non-hydrogen) atoms. The average molecular weight is 666 g/mol. The van der Waals surface area contributed by atoms with E-state index < -0.39 is 16.6 Å². The highest BCUT2D eigenvalue weighted by Gasteiger charge is 2.26. The first kappa shape index (κ1) is 28.7. The maximum absolute atomic E-state index is 14.2. The highest BCUT2D eigenvalue weighted by molar-refractivity contribution is 14.2. The summed E-state index contributed by atoms with van der Waals surface area (Å²) in [6.45, 7) is 5.08. The molecule has 0 radical (unpaired) electrons. The summed E-state index contributed by atoms with van der Waals surface area (Å²) in [6, 6.07) is 7.14. The molecular weight excluding hydrogens is 639 g/mol. The van der Waals surface area contributed by atoms with Crippen molar-refractivity contribution in [3.05, 3.63) is 81.7 Å². The Morgan fingerprint density at radius 2 is 1.90 bits per heavy atom. The normalized spacial score (nSPS) is 15.6. The summed E-state index contributed by atoms with van der Waals surface area (Å²) in [5.41, 5.74) is 2.87. The molecule has 0 spiro atoms. The van der Waals surface area contributed by atoms with Gasteiger partial charge in [-0.3, -0.25) is 19.4 Å². The summed E-state index contributed by atoms with van der Waals surface area (Å²) in [5.74, 6) is -1.44. The largest absolute Gasteiger partial charge is 0.368 e. The molecule has 0 bridgehead atoms. The minimum absolute atomic E-state index is 0.0584. The van der Waals surface area contributed by atoms with E-state index in [1.807, 2.05) is 30.9 Å². The van der Waals surface area contributed by atoms with Crippen LogP contribution in [0.3, 0.4) is 0 Å². The Hall–Kier alpha value is -3.30. The second-order valence-corrected chi connectivity index (χ2v) is 10.9. The van der Waals surface area contributed by atoms with Gasteiger partial charge in [0.25, 0.3) is 5.69 Å². The highest BCUT2D eigenvalue weighted by atomic mass is 127. The zero-order valence-corrected chi connectivity index (χ0v) is 24.7. The zero-order valence-electron chi connectivity index (χ0n) is 21.7. The van der Waals surface area contributed by atoms with Crippen LogP contribution in [0, 0.1) is 21.7 Å². The molecule has 0 saturated heterocycles. The van der Waals surface area contributed by atoms with Gasteiger partial charge >= 0.3 is 0 Å². The SMILES string of the molecule is C=N/C(=C1/C=CN(SI)C1=Nc1ccc(N(C)CCN(C)C)c([N+](=O)[O-])c1)c1cn(C)c2cc(F)c(F)cc12. The molecular formula is C26H26F2IN7O2S. The maximum atomic E-state index is 14.2. The van der Waals surface area contributed by atoms with Crippen LogP contribution < -0.4 is 4.90 Å². The van der Waals surface area contributed by atoms with Crippen LogP contribution in [-0.4, -0.2) is 65.5 Å². The molecule has 1 aliphatic heterocycles. The van der Waals surface area contributed by atoms with Gasteiger partial charge in [0.15, 0.2) is 17.5 Å². The van der Waals surface area contributed by atoms with Crippen molar-refractivity contribution in [2.45, 2.75) is 0 Å². The molecule has 0 N–H and O–H groups in total. The lowest BCUT2D eigenvalue weighted by Crippen LogP contribution is -2.28. The number of likely N-dealkylation sites (N-methyl/N-ethyl adjacent to an activating group) is 2. The molecule has 4 rings (SSSR count). The first-order chi connectivity index (χ1) is 18.5. The molecule has 13 heteroatoms. The van der Waals surface area contributed by atoms with Gasteiger partial charge in [0, 0.05) is 98.6 Å². The van der Waals surface area contributed by atoms with E-state index >= 15 is 0 Å². The Kier molecular flexibility index (Phi) is 8.71. The molecule has 9 nitrogen and oxygen atoms in total. The van der Waals surface area contributed by atoms with Crippen molar-refractivity contribution in [2.24, 2.45) is 17.0 Å². The van der Waals surface area contributed by atoms with Crippen molar-refractivity contribution in [2.75, 3.05) is 39.1 Å². The van der Waals surface area contributed by atoms with Gasteiger partial charge in [0.05, 0.1) is 21.8 Å². The minimum Gasteiger partial charge on any atom is -0.368 e. The van der Waals surface area contributed by atoms with Crippen molar-refractivity contribution in [1.29, 1.82) is 0 Å². The van der Waals surface area contributed by atoms with Gasteiger partial charge in [-0.1, -0.05) is 0 Å². The molecule has 0 saturated carbocycles. The number of fused-ring (bicyclic) bond motifs is 1. The van der Waals surface area contributed by atoms with Gasteiger partial charge in [0.1, 0.15) is 5.69 Å². The van der Waals surface area contributed by atoms with Crippen molar-refractivity contribution in [3.8, 4) is 0 Å². The summed E-state index contributed by atoms with van der Waals surface area (Å²) in [4.78, 5) is 24.4. The van der Waals surface area contributed by atoms with Crippen LogP contribution in [0.4, 0.5) is 25.8 Å². The van der Waals surface area contributed by atoms with E-state index in [-0.39, 0.29) is 5.69 Å². The second-order valence-electron chi connectivity index (χ2n) is 9.16. The Bertz CT molecular complexity index is 1550. The summed E-state index contributed by atoms with van der Waals surface area (Å²) >= 11 is 2.11. The monoisotopic (exact) mass is 665 g/mol. The van der Waals surface area contributed by atoms with Crippen LogP contribution in [0.25, 0.3) is 16.6 Å². The first-order valence-electron chi connectivity index (χ1n) is 11.7. The third-order valence-electron chi connectivity index (χ3n) is 6.29. The van der Waals surface area contributed by atoms with Gasteiger partial charge in [-0.05, 0) is 45.1 Å². The van der Waals surface area contributed by atoms with Gasteiger partial charge in [-0.15, -0.1) is 0 Å². The molecule has 0 unspecified atom stereocenters. The fraction of sp³-hybridized carbons (Fsp3) is 0.231. The molecule has 1 aliphatic rings. The highest BCUT2D eigenvalue weighted by Crippen LogP contribution is 2.38. The number of amidine groups is 1. The summed E-state index contributed by atoms with van der Waals surface area (Å²) in [5, 5.41) is 12.4. The van der Waals surface area contributed by atoms with E-state index in [1.54, 1.807) is 46.5 Å². The van der Waals surface area contributed by atoms with Crippen LogP contribution >= 0.6 is 30.3 Å². The number of nitro benzene ring substituents is 1. The number of aliphatic imine (C=N–C) groups is 2. The lowest BCUT2D eigenvalue weighted by molar-refractivity contribution is -0.384. The van der Waals surface area contributed by atoms with Crippen molar-refractivity contribution >= 4 is 76.5 Å². The number of aryl methyl sites for hydroxylation is 1. The quantitative estimate of drug-likeness (QED) is 0.0874. The number of benzene rings is 2. The van der Waals surface area contributed by atoms with Crippen molar-refractivity contribution < 1.29 is 13.7 Å². The number of hydrogen-bond acceptors (Lipinski definition) is 7. The number of anilines is 1. The van der Waals surface area contributed by atoms with E-state index in [9.17, 15) is 18.9 Å². The molecule has 204 valence electrons. The van der Waals surface area contributed by atoms with E-state index in [0.29, 0.717) is 51.5 Å². The molecule has 2 aromatic carbocycles. The average Bonchev–Trinajstić information content (AvgIpc) is 3.43. The lowest BCUT2D eigenvalue weighted by atomic mass is 10.1. The Morgan fingerprint density at radius 1 is 1.18 bits per heavy atom. The lowest BCUT2D eigenvalue weighted by Gasteiger charge is -2.21. The van der Waals surface area contributed by atoms with Crippen molar-refractivity contribution in [1.82, 2.24) is 13.8 Å². The van der Waals surface area contributed by atoms with Gasteiger partial charge in [0.2, 0.25) is 0 Å². The zero-order chi connectivity index (χ0) is 28.4. The fourth-order valence-corrected chi connectivity index (χ4v) is 5.54. The van der Waals surface area contributed by atoms with E-state index in [4.69, 9.17) is 4.99 Å². The minimum atomic E-state index is -0.966. The standard InChI is InChI=1S/C26H26F2IN7O2S/c1-30-25(19-15-34(5)23-14-21(28)20(27)13-18(19)23)17-8-9-35(39-29)26(17)31-16-6-7-22(24(12-16)36(37)38)33(4)11-10-32(2)3/h6-9,12-15H,1,10-11H2,2-5H3/b25-17-,31-26?. The molecule has 3 aromatic rings. The predicted octanol–water partition coefficient (Wildman–Crippen LogP) is 6.33. The van der Waals surface area contributed by atoms with E-state index in [2.05, 4.69) is 32.9 Å². The second kappa shape index (κ2) is 11.8. The molecule has 0 aliphatic carbocycles. The first-order valence-corrected chi connectivity index (χ1v) is 15.0. The summed E-state index contributed by atoms with van der Waals surface area (Å²) < 4.78 is 31.6. The van der Waals surface area contributed by atoms with Crippen molar-refractivity contribution in [3.63, 3.8) is 0 Å². The van der Waals surface area contributed by atoms with Crippen LogP contribution in [-0.2, 0) is 7.05 Å². The number of aromatic nitrogens is 1. The van der Waals surface area contributed by atoms with Gasteiger partial charge in [-0.2, -0.15) is 0 Å². The molecule has 0 atom stereocenters. The maximum Gasteiger partial charge on any atom is 0.294 e. The predicted molar refractivity (Wildman–Crippen MR) is 164 cm³/mol. The van der Waals surface area contributed by atoms with E-state index in [0.717, 1.165) is 18.7 Å². The molecule has 0 amide bonds. The van der Waals surface area contributed by atoms with E-state index in [1.165, 1.54) is 15.2 Å². The summed E-state index contributed by atoms with van der Waals surface area (Å²) in [7, 11) is 8.79.